The van der Waals surface area contributed by atoms with E-state index in [1.807, 2.05) is 0 Å². The summed E-state index contributed by atoms with van der Waals surface area (Å²) in [5, 5.41) is 13.7. The fourth-order valence-corrected chi connectivity index (χ4v) is 1.40. The standard InChI is InChI=1S/C9H15N3O3/c1-12-8(7(13)3-4-10)6(5-11-12)9(14)15-2/h5,7,13H,3-4,10H2,1-2H3. The first kappa shape index (κ1) is 11.7. The second kappa shape index (κ2) is 4.90. The number of nitrogens with zero attached hydrogens (tertiary/aromatic N) is 2. The Balaban J connectivity index is 3.03. The lowest BCUT2D eigenvalue weighted by Gasteiger charge is -2.11. The molecule has 0 spiro atoms. The van der Waals surface area contributed by atoms with Crippen molar-refractivity contribution in [3.8, 4) is 0 Å². The molecule has 1 rings (SSSR count). The summed E-state index contributed by atoms with van der Waals surface area (Å²) in [5.41, 5.74) is 6.05. The number of aliphatic hydroxyl groups is 1. The van der Waals surface area contributed by atoms with Crippen molar-refractivity contribution in [2.45, 2.75) is 12.5 Å². The minimum Gasteiger partial charge on any atom is -0.465 e. The quantitative estimate of drug-likeness (QED) is 0.663. The van der Waals surface area contributed by atoms with Gasteiger partial charge in [-0.2, -0.15) is 5.10 Å². The van der Waals surface area contributed by atoms with Gasteiger partial charge < -0.3 is 15.6 Å². The molecule has 1 atom stereocenters. The monoisotopic (exact) mass is 213 g/mol. The molecule has 6 nitrogen and oxygen atoms in total. The molecule has 84 valence electrons. The third-order valence-corrected chi connectivity index (χ3v) is 2.15. The van der Waals surface area contributed by atoms with E-state index in [9.17, 15) is 9.90 Å². The fourth-order valence-electron chi connectivity index (χ4n) is 1.40. The van der Waals surface area contributed by atoms with E-state index in [1.54, 1.807) is 7.05 Å². The Morgan fingerprint density at radius 3 is 3.00 bits per heavy atom. The maximum atomic E-state index is 11.3. The van der Waals surface area contributed by atoms with Gasteiger partial charge in [-0.1, -0.05) is 0 Å². The number of rotatable bonds is 4. The number of aromatic nitrogens is 2. The van der Waals surface area contributed by atoms with Gasteiger partial charge in [0.25, 0.3) is 0 Å². The van der Waals surface area contributed by atoms with Crippen LogP contribution in [0.25, 0.3) is 0 Å². The number of nitrogens with two attached hydrogens (primary N) is 1. The van der Waals surface area contributed by atoms with E-state index in [4.69, 9.17) is 5.73 Å². The zero-order valence-corrected chi connectivity index (χ0v) is 8.80. The normalized spacial score (nSPS) is 12.5. The first-order chi connectivity index (χ1) is 7.11. The van der Waals surface area contributed by atoms with Crippen LogP contribution in [0.5, 0.6) is 0 Å². The van der Waals surface area contributed by atoms with E-state index in [1.165, 1.54) is 18.0 Å². The lowest BCUT2D eigenvalue weighted by atomic mass is 10.1. The van der Waals surface area contributed by atoms with Gasteiger partial charge in [0.1, 0.15) is 5.56 Å². The summed E-state index contributed by atoms with van der Waals surface area (Å²) in [7, 11) is 2.94. The van der Waals surface area contributed by atoms with E-state index < -0.39 is 12.1 Å². The highest BCUT2D eigenvalue weighted by atomic mass is 16.5. The Hall–Kier alpha value is -1.40. The molecule has 0 radical (unpaired) electrons. The molecule has 15 heavy (non-hydrogen) atoms. The van der Waals surface area contributed by atoms with Gasteiger partial charge in [0.15, 0.2) is 0 Å². The predicted octanol–water partition coefficient (Wildman–Crippen LogP) is -0.411. The van der Waals surface area contributed by atoms with Crippen molar-refractivity contribution in [2.75, 3.05) is 13.7 Å². The summed E-state index contributed by atoms with van der Waals surface area (Å²) >= 11 is 0. The molecule has 1 aromatic heterocycles. The molecular formula is C9H15N3O3. The molecule has 0 aliphatic heterocycles. The third kappa shape index (κ3) is 2.34. The van der Waals surface area contributed by atoms with Crippen molar-refractivity contribution in [2.24, 2.45) is 12.8 Å². The molecule has 0 saturated heterocycles. The molecule has 0 aliphatic rings. The first-order valence-electron chi connectivity index (χ1n) is 4.60. The van der Waals surface area contributed by atoms with Crippen molar-refractivity contribution >= 4 is 5.97 Å². The van der Waals surface area contributed by atoms with Crippen molar-refractivity contribution in [3.05, 3.63) is 17.5 Å². The van der Waals surface area contributed by atoms with Crippen LogP contribution in [0.15, 0.2) is 6.20 Å². The molecule has 0 aliphatic carbocycles. The summed E-state index contributed by atoms with van der Waals surface area (Å²) in [6.45, 7) is 0.340. The summed E-state index contributed by atoms with van der Waals surface area (Å²) in [6, 6.07) is 0. The summed E-state index contributed by atoms with van der Waals surface area (Å²) in [5.74, 6) is -0.505. The molecule has 1 aromatic rings. The van der Waals surface area contributed by atoms with Gasteiger partial charge in [0.2, 0.25) is 0 Å². The average Bonchev–Trinajstić information content (AvgIpc) is 2.59. The van der Waals surface area contributed by atoms with Crippen LogP contribution in [0.2, 0.25) is 0 Å². The highest BCUT2D eigenvalue weighted by Crippen LogP contribution is 2.20. The molecular weight excluding hydrogens is 198 g/mol. The van der Waals surface area contributed by atoms with E-state index in [0.29, 0.717) is 18.7 Å². The maximum Gasteiger partial charge on any atom is 0.341 e. The Labute approximate surface area is 87.6 Å². The van der Waals surface area contributed by atoms with Crippen LogP contribution < -0.4 is 5.73 Å². The van der Waals surface area contributed by atoms with Crippen LogP contribution in [0.1, 0.15) is 28.6 Å². The second-order valence-corrected chi connectivity index (χ2v) is 3.15. The van der Waals surface area contributed by atoms with Crippen LogP contribution in [0.3, 0.4) is 0 Å². The number of hydrogen-bond acceptors (Lipinski definition) is 5. The van der Waals surface area contributed by atoms with Gasteiger partial charge >= 0.3 is 5.97 Å². The lowest BCUT2D eigenvalue weighted by molar-refractivity contribution is 0.0591. The smallest absolute Gasteiger partial charge is 0.341 e. The van der Waals surface area contributed by atoms with Gasteiger partial charge in [-0.25, -0.2) is 4.79 Å². The number of hydrogen-bond donors (Lipinski definition) is 2. The number of esters is 1. The zero-order chi connectivity index (χ0) is 11.4. The van der Waals surface area contributed by atoms with Gasteiger partial charge in [-0.05, 0) is 13.0 Å². The summed E-state index contributed by atoms with van der Waals surface area (Å²) < 4.78 is 6.03. The Morgan fingerprint density at radius 1 is 1.80 bits per heavy atom. The third-order valence-electron chi connectivity index (χ3n) is 2.15. The number of aliphatic hydroxyl groups excluding tert-OH is 1. The van der Waals surface area contributed by atoms with Gasteiger partial charge in [-0.3, -0.25) is 4.68 Å². The highest BCUT2D eigenvalue weighted by Gasteiger charge is 2.21. The van der Waals surface area contributed by atoms with Gasteiger partial charge in [-0.15, -0.1) is 0 Å². The largest absolute Gasteiger partial charge is 0.465 e. The van der Waals surface area contributed by atoms with Crippen LogP contribution in [0.4, 0.5) is 0 Å². The number of methoxy groups -OCH3 is 1. The molecule has 0 aromatic carbocycles. The summed E-state index contributed by atoms with van der Waals surface area (Å²) in [4.78, 5) is 11.3. The van der Waals surface area contributed by atoms with Crippen LogP contribution in [0, 0.1) is 0 Å². The average molecular weight is 213 g/mol. The Kier molecular flexibility index (Phi) is 3.81. The predicted molar refractivity (Wildman–Crippen MR) is 53.2 cm³/mol. The Bertz CT molecular complexity index is 348. The molecule has 6 heteroatoms. The van der Waals surface area contributed by atoms with E-state index in [-0.39, 0.29) is 5.56 Å². The van der Waals surface area contributed by atoms with Gasteiger partial charge in [0, 0.05) is 7.05 Å². The number of ether oxygens (including phenoxy) is 1. The number of aryl methyl sites for hydroxylation is 1. The van der Waals surface area contributed by atoms with E-state index in [0.717, 1.165) is 0 Å². The minimum absolute atomic E-state index is 0.279. The van der Waals surface area contributed by atoms with Crippen molar-refractivity contribution in [3.63, 3.8) is 0 Å². The molecule has 0 amide bonds. The maximum absolute atomic E-state index is 11.3. The molecule has 0 saturated carbocycles. The number of carbonyl (C=O) groups is 1. The van der Waals surface area contributed by atoms with Crippen LogP contribution in [-0.2, 0) is 11.8 Å². The highest BCUT2D eigenvalue weighted by molar-refractivity contribution is 5.90. The van der Waals surface area contributed by atoms with Crippen molar-refractivity contribution in [1.82, 2.24) is 9.78 Å². The Morgan fingerprint density at radius 2 is 2.47 bits per heavy atom. The second-order valence-electron chi connectivity index (χ2n) is 3.15. The topological polar surface area (TPSA) is 90.4 Å². The molecule has 0 bridgehead atoms. The number of carbonyl (C=O) groups excluding carboxylic acids is 1. The van der Waals surface area contributed by atoms with Crippen LogP contribution >= 0.6 is 0 Å². The molecule has 1 unspecified atom stereocenters. The van der Waals surface area contributed by atoms with Crippen molar-refractivity contribution in [1.29, 1.82) is 0 Å². The SMILES string of the molecule is COC(=O)c1cnn(C)c1C(O)CCN. The minimum atomic E-state index is -0.795. The van der Waals surface area contributed by atoms with Gasteiger partial charge in [0.05, 0.1) is 25.1 Å². The van der Waals surface area contributed by atoms with E-state index in [2.05, 4.69) is 9.84 Å². The van der Waals surface area contributed by atoms with Crippen LogP contribution in [-0.4, -0.2) is 34.5 Å². The first-order valence-corrected chi connectivity index (χ1v) is 4.60. The lowest BCUT2D eigenvalue weighted by Crippen LogP contribution is -2.14. The fraction of sp³-hybridized carbons (Fsp3) is 0.556. The van der Waals surface area contributed by atoms with E-state index >= 15 is 0 Å². The molecule has 1 heterocycles. The molecule has 3 N–H and O–H groups in total. The zero-order valence-electron chi connectivity index (χ0n) is 8.80. The van der Waals surface area contributed by atoms with Crippen molar-refractivity contribution < 1.29 is 14.6 Å². The molecule has 0 fully saturated rings. The summed E-state index contributed by atoms with van der Waals surface area (Å²) in [6.07, 6.45) is 0.960.